The lowest BCUT2D eigenvalue weighted by atomic mass is 10.0. The minimum absolute atomic E-state index is 0.0918. The van der Waals surface area contributed by atoms with Gasteiger partial charge in [0.05, 0.1) is 31.5 Å². The first kappa shape index (κ1) is 30.1. The molecule has 1 fully saturated rings. The monoisotopic (exact) mass is 467 g/mol. The number of likely N-dealkylation sites (tertiary alicyclic amines) is 1. The second kappa shape index (κ2) is 17.5. The van der Waals surface area contributed by atoms with Gasteiger partial charge in [0.1, 0.15) is 5.78 Å². The van der Waals surface area contributed by atoms with E-state index >= 15 is 0 Å². The number of carbonyl (C=O) groups is 2. The molecule has 5 nitrogen and oxygen atoms in total. The highest BCUT2D eigenvalue weighted by atomic mass is 16.5. The van der Waals surface area contributed by atoms with Crippen molar-refractivity contribution in [1.29, 1.82) is 0 Å². The van der Waals surface area contributed by atoms with Crippen LogP contribution in [0.25, 0.3) is 0 Å². The van der Waals surface area contributed by atoms with Crippen LogP contribution in [0.5, 0.6) is 0 Å². The molecule has 1 saturated heterocycles. The first-order valence-corrected chi connectivity index (χ1v) is 13.7. The number of carbonyl (C=O) groups excluding carboxylic acids is 2. The first-order chi connectivity index (χ1) is 15.7. The van der Waals surface area contributed by atoms with Gasteiger partial charge in [-0.25, -0.2) is 0 Å². The molecule has 0 radical (unpaired) electrons. The van der Waals surface area contributed by atoms with Gasteiger partial charge >= 0.3 is 0 Å². The Bertz CT molecular complexity index is 532. The van der Waals surface area contributed by atoms with Crippen molar-refractivity contribution in [2.75, 3.05) is 19.8 Å². The maximum absolute atomic E-state index is 12.9. The highest BCUT2D eigenvalue weighted by Gasteiger charge is 2.35. The van der Waals surface area contributed by atoms with Crippen molar-refractivity contribution in [3.63, 3.8) is 0 Å². The molecule has 0 unspecified atom stereocenters. The van der Waals surface area contributed by atoms with Crippen LogP contribution in [0.3, 0.4) is 0 Å². The standard InChI is InChI=1S/C28H53NO4/c1-22(2)14-12-10-8-7-9-11-13-15-27(30)16-17-28(31)29-19-25(20-32-23(3)4)18-26(29)21-33-24(5)6/h22-26H,7-21H2,1-6H3/t25-,26+/m1/s1. The molecule has 1 heterocycles. The van der Waals surface area contributed by atoms with E-state index in [9.17, 15) is 9.59 Å². The number of ether oxygens (including phenoxy) is 2. The average molecular weight is 468 g/mol. The Hall–Kier alpha value is -0.940. The second-order valence-electron chi connectivity index (χ2n) is 11.0. The first-order valence-electron chi connectivity index (χ1n) is 13.7. The zero-order chi connectivity index (χ0) is 24.6. The van der Waals surface area contributed by atoms with E-state index in [-0.39, 0.29) is 29.9 Å². The molecule has 1 amide bonds. The van der Waals surface area contributed by atoms with Gasteiger partial charge in [0.15, 0.2) is 0 Å². The Morgan fingerprint density at radius 1 is 0.758 bits per heavy atom. The molecule has 1 aliphatic heterocycles. The Morgan fingerprint density at radius 3 is 1.94 bits per heavy atom. The molecule has 0 bridgehead atoms. The van der Waals surface area contributed by atoms with Crippen molar-refractivity contribution in [3.05, 3.63) is 0 Å². The van der Waals surface area contributed by atoms with E-state index in [1.807, 2.05) is 32.6 Å². The summed E-state index contributed by atoms with van der Waals surface area (Å²) in [6.45, 7) is 14.6. The molecule has 0 saturated carbocycles. The van der Waals surface area contributed by atoms with Gasteiger partial charge in [-0.15, -0.1) is 0 Å². The van der Waals surface area contributed by atoms with Gasteiger partial charge < -0.3 is 14.4 Å². The van der Waals surface area contributed by atoms with Gasteiger partial charge in [-0.3, -0.25) is 9.59 Å². The SMILES string of the molecule is CC(C)CCCCCCCCCC(=O)CCC(=O)N1C[C@H](COC(C)C)C[C@H]1COC(C)C. The van der Waals surface area contributed by atoms with Crippen LogP contribution < -0.4 is 0 Å². The molecule has 0 aliphatic carbocycles. The van der Waals surface area contributed by atoms with Crippen LogP contribution in [-0.4, -0.2) is 54.6 Å². The quantitative estimate of drug-likeness (QED) is 0.202. The van der Waals surface area contributed by atoms with E-state index in [1.165, 1.54) is 38.5 Å². The summed E-state index contributed by atoms with van der Waals surface area (Å²) in [5.74, 6) is 1.48. The van der Waals surface area contributed by atoms with Crippen molar-refractivity contribution in [1.82, 2.24) is 4.90 Å². The highest BCUT2D eigenvalue weighted by Crippen LogP contribution is 2.26. The molecular weight excluding hydrogens is 414 g/mol. The maximum Gasteiger partial charge on any atom is 0.223 e. The van der Waals surface area contributed by atoms with Crippen molar-refractivity contribution in [2.24, 2.45) is 11.8 Å². The van der Waals surface area contributed by atoms with Crippen molar-refractivity contribution >= 4 is 11.7 Å². The number of hydrogen-bond acceptors (Lipinski definition) is 4. The number of nitrogens with zero attached hydrogens (tertiary/aromatic N) is 1. The number of ketones is 1. The molecule has 33 heavy (non-hydrogen) atoms. The molecule has 2 atom stereocenters. The minimum Gasteiger partial charge on any atom is -0.378 e. The van der Waals surface area contributed by atoms with Gasteiger partial charge in [0, 0.05) is 31.7 Å². The van der Waals surface area contributed by atoms with Gasteiger partial charge in [0.2, 0.25) is 5.91 Å². The van der Waals surface area contributed by atoms with Crippen LogP contribution in [0.4, 0.5) is 0 Å². The third-order valence-electron chi connectivity index (χ3n) is 6.46. The fourth-order valence-corrected chi connectivity index (χ4v) is 4.50. The van der Waals surface area contributed by atoms with E-state index in [4.69, 9.17) is 9.47 Å². The van der Waals surface area contributed by atoms with Crippen LogP contribution >= 0.6 is 0 Å². The van der Waals surface area contributed by atoms with E-state index in [0.29, 0.717) is 44.9 Å². The number of amides is 1. The van der Waals surface area contributed by atoms with Gasteiger partial charge in [-0.2, -0.15) is 0 Å². The van der Waals surface area contributed by atoms with Gasteiger partial charge in [0.25, 0.3) is 0 Å². The second-order valence-corrected chi connectivity index (χ2v) is 11.0. The maximum atomic E-state index is 12.9. The summed E-state index contributed by atoms with van der Waals surface area (Å²) in [5, 5.41) is 0. The summed E-state index contributed by atoms with van der Waals surface area (Å²) >= 11 is 0. The van der Waals surface area contributed by atoms with Crippen LogP contribution in [0.1, 0.15) is 119 Å². The van der Waals surface area contributed by atoms with Crippen molar-refractivity contribution in [3.8, 4) is 0 Å². The van der Waals surface area contributed by atoms with Crippen LogP contribution in [0.15, 0.2) is 0 Å². The fourth-order valence-electron chi connectivity index (χ4n) is 4.50. The molecule has 0 N–H and O–H groups in total. The van der Waals surface area contributed by atoms with Crippen LogP contribution in [0.2, 0.25) is 0 Å². The van der Waals surface area contributed by atoms with Crippen molar-refractivity contribution in [2.45, 2.75) is 137 Å². The Morgan fingerprint density at radius 2 is 1.33 bits per heavy atom. The van der Waals surface area contributed by atoms with Gasteiger partial charge in [-0.1, -0.05) is 58.8 Å². The van der Waals surface area contributed by atoms with Crippen LogP contribution in [-0.2, 0) is 19.1 Å². The van der Waals surface area contributed by atoms with E-state index in [1.54, 1.807) is 0 Å². The normalized spacial score (nSPS) is 18.8. The van der Waals surface area contributed by atoms with Gasteiger partial charge in [-0.05, 0) is 46.5 Å². The lowest BCUT2D eigenvalue weighted by Gasteiger charge is -2.25. The summed E-state index contributed by atoms with van der Waals surface area (Å²) in [6.07, 6.45) is 12.5. The van der Waals surface area contributed by atoms with E-state index in [0.717, 1.165) is 25.2 Å². The third-order valence-corrected chi connectivity index (χ3v) is 6.46. The molecule has 0 aromatic rings. The predicted molar refractivity (Wildman–Crippen MR) is 136 cm³/mol. The Kier molecular flexibility index (Phi) is 15.9. The number of Topliss-reactive ketones (excluding diaryl/α,β-unsaturated/α-hetero) is 1. The summed E-state index contributed by atoms with van der Waals surface area (Å²) < 4.78 is 11.6. The molecular formula is C28H53NO4. The molecule has 0 aromatic carbocycles. The Balaban J connectivity index is 2.25. The summed E-state index contributed by atoms with van der Waals surface area (Å²) in [6, 6.07) is 0.0938. The molecule has 194 valence electrons. The zero-order valence-corrected chi connectivity index (χ0v) is 22.6. The average Bonchev–Trinajstić information content (AvgIpc) is 3.16. The van der Waals surface area contributed by atoms with Crippen molar-refractivity contribution < 1.29 is 19.1 Å². The topological polar surface area (TPSA) is 55.8 Å². The molecule has 0 aromatic heterocycles. The highest BCUT2D eigenvalue weighted by molar-refractivity contribution is 5.85. The molecule has 1 aliphatic rings. The number of unbranched alkanes of at least 4 members (excludes halogenated alkanes) is 6. The largest absolute Gasteiger partial charge is 0.378 e. The van der Waals surface area contributed by atoms with Crippen LogP contribution in [0, 0.1) is 11.8 Å². The number of rotatable bonds is 19. The Labute approximate surface area is 204 Å². The molecule has 0 spiro atoms. The molecule has 5 heteroatoms. The minimum atomic E-state index is 0.0918. The van der Waals surface area contributed by atoms with E-state index in [2.05, 4.69) is 13.8 Å². The predicted octanol–water partition coefficient (Wildman–Crippen LogP) is 6.57. The third kappa shape index (κ3) is 14.8. The fraction of sp³-hybridized carbons (Fsp3) is 0.929. The molecule has 1 rings (SSSR count). The van der Waals surface area contributed by atoms with E-state index < -0.39 is 0 Å². The lowest BCUT2D eigenvalue weighted by molar-refractivity contribution is -0.135. The summed E-state index contributed by atoms with van der Waals surface area (Å²) in [5.41, 5.74) is 0. The smallest absolute Gasteiger partial charge is 0.223 e. The summed E-state index contributed by atoms with van der Waals surface area (Å²) in [7, 11) is 0. The lowest BCUT2D eigenvalue weighted by Crippen LogP contribution is -2.39. The zero-order valence-electron chi connectivity index (χ0n) is 22.6. The summed E-state index contributed by atoms with van der Waals surface area (Å²) in [4.78, 5) is 27.2. The number of hydrogen-bond donors (Lipinski definition) is 0.